The van der Waals surface area contributed by atoms with Crippen LogP contribution in [0.4, 0.5) is 8.78 Å². The molecule has 0 atom stereocenters. The Morgan fingerprint density at radius 3 is 1.30 bits per heavy atom. The smallest absolute Gasteiger partial charge is 0.543 e. The van der Waals surface area contributed by atoms with Crippen LogP contribution in [0.15, 0.2) is 85.2 Å². The molecule has 0 unspecified atom stereocenters. The minimum absolute atomic E-state index is 0. The van der Waals surface area contributed by atoms with Gasteiger partial charge >= 0.3 is 59.1 Å². The van der Waals surface area contributed by atoms with Gasteiger partial charge in [-0.05, 0) is 59.7 Å². The van der Waals surface area contributed by atoms with Crippen molar-refractivity contribution in [3.8, 4) is 45.5 Å². The maximum absolute atomic E-state index is 13.6. The number of aromatic nitrogens is 8. The van der Waals surface area contributed by atoms with Gasteiger partial charge in [-0.25, -0.2) is 9.97 Å². The van der Waals surface area contributed by atoms with Gasteiger partial charge in [-0.3, -0.25) is 10.2 Å². The van der Waals surface area contributed by atoms with Crippen molar-refractivity contribution in [2.45, 2.75) is 0 Å². The van der Waals surface area contributed by atoms with Gasteiger partial charge in [0.25, 0.3) is 11.8 Å². The summed E-state index contributed by atoms with van der Waals surface area (Å²) in [5.41, 5.74) is 1.21. The Morgan fingerprint density at radius 2 is 0.978 bits per heavy atom. The van der Waals surface area contributed by atoms with Gasteiger partial charge in [0.05, 0.1) is 11.9 Å². The van der Waals surface area contributed by atoms with Gasteiger partial charge in [-0.2, -0.15) is 8.78 Å². The molecule has 6 rings (SSSR count). The van der Waals surface area contributed by atoms with Gasteiger partial charge in [0.2, 0.25) is 11.9 Å². The predicted molar refractivity (Wildman–Crippen MR) is 141 cm³/mol. The summed E-state index contributed by atoms with van der Waals surface area (Å²) >= 11 is 0. The quantitative estimate of drug-likeness (QED) is 0.121. The molecule has 0 fully saturated rings. The molecule has 4 heterocycles. The molecule has 18 heteroatoms. The molecule has 2 N–H and O–H groups in total. The zero-order valence-electron chi connectivity index (χ0n) is 24.0. The molecule has 0 saturated carbocycles. The van der Waals surface area contributed by atoms with Crippen molar-refractivity contribution in [2.75, 3.05) is 0 Å². The fraction of sp³-hybridized carbons (Fsp3) is 0. The monoisotopic (exact) mass is 644 g/mol. The third-order valence-electron chi connectivity index (χ3n) is 5.72. The molecule has 4 aromatic heterocycles. The minimum Gasteiger partial charge on any atom is -0.543 e. The van der Waals surface area contributed by atoms with Crippen LogP contribution in [0.1, 0.15) is 21.0 Å². The standard InChI is InChI=1S/2C14H9FN4O3.2Na/c2*15-12-10(2-1-7-16-12)8-3-5-9(6-4-8)22-13-11(14(20)21)17-19-18-13;;/h2*1-7H,(H,20,21)(H,17,18,19);;/q;;2*+1/p-2. The third kappa shape index (κ3) is 8.78. The number of carboxylic acids is 2. The number of carbonyl (C=O) groups is 2. The van der Waals surface area contributed by atoms with Crippen molar-refractivity contribution < 1.29 is 97.2 Å². The summed E-state index contributed by atoms with van der Waals surface area (Å²) in [5.74, 6) is -3.88. The summed E-state index contributed by atoms with van der Waals surface area (Å²) in [4.78, 5) is 28.8. The number of ether oxygens (including phenoxy) is 2. The zero-order chi connectivity index (χ0) is 31.1. The predicted octanol–water partition coefficient (Wildman–Crippen LogP) is -3.67. The normalized spacial score (nSPS) is 9.96. The average molecular weight is 644 g/mol. The Kier molecular flexibility index (Phi) is 13.0. The molecule has 0 aliphatic carbocycles. The Labute approximate surface area is 301 Å². The van der Waals surface area contributed by atoms with E-state index in [1.807, 2.05) is 0 Å². The van der Waals surface area contributed by atoms with Crippen LogP contribution >= 0.6 is 0 Å². The maximum Gasteiger partial charge on any atom is 1.00 e. The number of pyridine rings is 2. The summed E-state index contributed by atoms with van der Waals surface area (Å²) in [6.45, 7) is 0. The fourth-order valence-corrected chi connectivity index (χ4v) is 3.68. The largest absolute Gasteiger partial charge is 1.00 e. The molecule has 0 radical (unpaired) electrons. The van der Waals surface area contributed by atoms with Crippen molar-refractivity contribution in [3.05, 3.63) is 108 Å². The van der Waals surface area contributed by atoms with Crippen LogP contribution in [0, 0.1) is 11.9 Å². The summed E-state index contributed by atoms with van der Waals surface area (Å²) in [6.07, 6.45) is 2.73. The average Bonchev–Trinajstić information content (AvgIpc) is 3.69. The first kappa shape index (κ1) is 35.9. The van der Waals surface area contributed by atoms with Crippen molar-refractivity contribution in [2.24, 2.45) is 0 Å². The van der Waals surface area contributed by atoms with Crippen LogP contribution in [-0.2, 0) is 0 Å². The molecule has 0 saturated heterocycles. The molecule has 0 bridgehead atoms. The number of nitrogens with one attached hydrogen (secondary N) is 2. The number of carboxylic acid groups (broad SMARTS) is 2. The molecule has 220 valence electrons. The summed E-state index contributed by atoms with van der Waals surface area (Å²) in [6, 6.07) is 19.1. The van der Waals surface area contributed by atoms with E-state index >= 15 is 0 Å². The molecule has 0 spiro atoms. The molecular formula is C28H16F2N8Na2O6. The molecule has 2 aromatic carbocycles. The van der Waals surface area contributed by atoms with Gasteiger partial charge in [0, 0.05) is 23.5 Å². The fourth-order valence-electron chi connectivity index (χ4n) is 3.68. The van der Waals surface area contributed by atoms with E-state index in [2.05, 4.69) is 40.8 Å². The van der Waals surface area contributed by atoms with Crippen LogP contribution in [0.5, 0.6) is 23.3 Å². The second-order valence-corrected chi connectivity index (χ2v) is 8.50. The molecule has 0 aliphatic rings. The number of hydrogen-bond acceptors (Lipinski definition) is 12. The second kappa shape index (κ2) is 16.6. The number of hydrogen-bond donors (Lipinski definition) is 2. The minimum atomic E-state index is -1.48. The number of aromatic carboxylic acids is 2. The molecule has 46 heavy (non-hydrogen) atoms. The summed E-state index contributed by atoms with van der Waals surface area (Å²) in [7, 11) is 0. The first-order chi connectivity index (χ1) is 21.3. The number of halogens is 2. The summed E-state index contributed by atoms with van der Waals surface area (Å²) < 4.78 is 37.8. The number of rotatable bonds is 8. The number of aromatic amines is 2. The van der Waals surface area contributed by atoms with Crippen molar-refractivity contribution in [1.82, 2.24) is 40.8 Å². The van der Waals surface area contributed by atoms with E-state index in [0.29, 0.717) is 33.8 Å². The van der Waals surface area contributed by atoms with E-state index in [4.69, 9.17) is 9.47 Å². The molecule has 6 aromatic rings. The molecular weight excluding hydrogens is 628 g/mol. The molecule has 14 nitrogen and oxygen atoms in total. The van der Waals surface area contributed by atoms with Crippen molar-refractivity contribution in [1.29, 1.82) is 0 Å². The van der Waals surface area contributed by atoms with Gasteiger partial charge in [-0.15, -0.1) is 0 Å². The van der Waals surface area contributed by atoms with Crippen LogP contribution < -0.4 is 78.8 Å². The zero-order valence-corrected chi connectivity index (χ0v) is 28.0. The Hall–Kier alpha value is -4.58. The topological polar surface area (TPSA) is 208 Å². The van der Waals surface area contributed by atoms with Crippen LogP contribution in [0.25, 0.3) is 22.3 Å². The van der Waals surface area contributed by atoms with Crippen LogP contribution in [-0.4, -0.2) is 52.7 Å². The number of nitrogens with zero attached hydrogens (tertiary/aromatic N) is 6. The first-order valence-electron chi connectivity index (χ1n) is 12.3. The van der Waals surface area contributed by atoms with Gasteiger partial charge in [-0.1, -0.05) is 44.9 Å². The summed E-state index contributed by atoms with van der Waals surface area (Å²) in [5, 5.41) is 39.6. The van der Waals surface area contributed by atoms with Crippen molar-refractivity contribution in [3.63, 3.8) is 0 Å². The molecule has 0 amide bonds. The first-order valence-corrected chi connectivity index (χ1v) is 12.3. The maximum atomic E-state index is 13.6. The van der Waals surface area contributed by atoms with Crippen LogP contribution in [0.3, 0.4) is 0 Å². The third-order valence-corrected chi connectivity index (χ3v) is 5.72. The number of benzene rings is 2. The van der Waals surface area contributed by atoms with E-state index in [-0.39, 0.29) is 82.3 Å². The second-order valence-electron chi connectivity index (χ2n) is 8.50. The van der Waals surface area contributed by atoms with Crippen LogP contribution in [0.2, 0.25) is 0 Å². The Balaban J connectivity index is 0.000000240. The van der Waals surface area contributed by atoms with E-state index in [1.165, 1.54) is 12.4 Å². The molecule has 0 aliphatic heterocycles. The SMILES string of the molecule is O=C([O-])c1[nH]nnc1Oc1ccc(-c2cccnc2F)cc1.O=C([O-])c1[nH]nnc1Oc1ccc(-c2cccnc2F)cc1.[Na+].[Na+]. The van der Waals surface area contributed by atoms with E-state index in [9.17, 15) is 28.6 Å². The number of carbonyl (C=O) groups excluding carboxylic acids is 2. The van der Waals surface area contributed by atoms with E-state index in [0.717, 1.165) is 0 Å². The van der Waals surface area contributed by atoms with E-state index in [1.54, 1.807) is 72.8 Å². The number of H-pyrrole nitrogens is 2. The Bertz CT molecular complexity index is 1790. The van der Waals surface area contributed by atoms with Gasteiger partial charge < -0.3 is 29.3 Å². The van der Waals surface area contributed by atoms with Gasteiger partial charge in [0.15, 0.2) is 0 Å². The van der Waals surface area contributed by atoms with Crippen molar-refractivity contribution >= 4 is 11.9 Å². The van der Waals surface area contributed by atoms with Gasteiger partial charge in [0.1, 0.15) is 22.9 Å². The van der Waals surface area contributed by atoms with E-state index < -0.39 is 23.8 Å². The Morgan fingerprint density at radius 1 is 0.609 bits per heavy atom.